The van der Waals surface area contributed by atoms with Gasteiger partial charge < -0.3 is 25.5 Å². The summed E-state index contributed by atoms with van der Waals surface area (Å²) in [6.07, 6.45) is 1.36. The molecule has 8 nitrogen and oxygen atoms in total. The summed E-state index contributed by atoms with van der Waals surface area (Å²) in [6.45, 7) is 4.98. The van der Waals surface area contributed by atoms with Crippen LogP contribution >= 0.6 is 11.6 Å². The number of hydrogen-bond acceptors (Lipinski definition) is 5. The smallest absolute Gasteiger partial charge is 0.414 e. The van der Waals surface area contributed by atoms with Crippen molar-refractivity contribution in [2.45, 2.75) is 25.4 Å². The predicted octanol–water partition coefficient (Wildman–Crippen LogP) is 2.52. The first-order valence-electron chi connectivity index (χ1n) is 10.1. The number of likely N-dealkylation sites (tertiary alicyclic amines) is 1. The van der Waals surface area contributed by atoms with Gasteiger partial charge in [-0.3, -0.25) is 4.79 Å². The number of piperidine rings is 1. The molecule has 0 unspecified atom stereocenters. The SMILES string of the molecule is Cc1cccc(C(=O)NCCN2CCC(O)(c3ccc(Cl)cc3)CC2)c1.O=C(O)C(=O)O. The lowest BCUT2D eigenvalue weighted by atomic mass is 9.84. The number of carboxylic acid groups (broad SMARTS) is 2. The standard InChI is InChI=1S/C21H25ClN2O2.C2H2O4/c1-16-3-2-4-17(15-16)20(25)23-11-14-24-12-9-21(26,10-13-24)18-5-7-19(22)8-6-18;3-1(4)2(5)6/h2-8,15,26H,9-14H2,1H3,(H,23,25);(H,3,4)(H,5,6). The van der Waals surface area contributed by atoms with Crippen molar-refractivity contribution in [2.75, 3.05) is 26.2 Å². The molecule has 9 heteroatoms. The van der Waals surface area contributed by atoms with Crippen molar-refractivity contribution in [1.29, 1.82) is 0 Å². The number of halogens is 1. The Kier molecular flexibility index (Phi) is 9.19. The minimum absolute atomic E-state index is 0.0385. The Hall–Kier alpha value is -2.94. The van der Waals surface area contributed by atoms with Gasteiger partial charge >= 0.3 is 11.9 Å². The zero-order valence-corrected chi connectivity index (χ0v) is 18.5. The van der Waals surface area contributed by atoms with Gasteiger partial charge in [0.15, 0.2) is 0 Å². The monoisotopic (exact) mass is 462 g/mol. The average molecular weight is 463 g/mol. The lowest BCUT2D eigenvalue weighted by Gasteiger charge is -2.38. The number of aliphatic carboxylic acids is 2. The Bertz CT molecular complexity index is 928. The molecule has 32 heavy (non-hydrogen) atoms. The molecule has 0 radical (unpaired) electrons. The number of nitrogens with zero attached hydrogens (tertiary/aromatic N) is 1. The van der Waals surface area contributed by atoms with Gasteiger partial charge in [-0.2, -0.15) is 0 Å². The third kappa shape index (κ3) is 7.64. The Balaban J connectivity index is 0.000000534. The maximum atomic E-state index is 12.2. The highest BCUT2D eigenvalue weighted by atomic mass is 35.5. The minimum atomic E-state index is -1.82. The molecule has 0 bridgehead atoms. The van der Waals surface area contributed by atoms with E-state index in [0.717, 1.165) is 30.8 Å². The van der Waals surface area contributed by atoms with E-state index in [1.54, 1.807) is 0 Å². The zero-order valence-electron chi connectivity index (χ0n) is 17.8. The Labute approximate surface area is 191 Å². The highest BCUT2D eigenvalue weighted by molar-refractivity contribution is 6.30. The number of aliphatic hydroxyl groups is 1. The first-order chi connectivity index (χ1) is 15.1. The lowest BCUT2D eigenvalue weighted by Crippen LogP contribution is -2.45. The fraction of sp³-hybridized carbons (Fsp3) is 0.348. The Morgan fingerprint density at radius 3 is 2.16 bits per heavy atom. The second kappa shape index (κ2) is 11.6. The van der Waals surface area contributed by atoms with Crippen molar-refractivity contribution in [3.05, 3.63) is 70.2 Å². The first-order valence-corrected chi connectivity index (χ1v) is 10.5. The summed E-state index contributed by atoms with van der Waals surface area (Å²) in [7, 11) is 0. The van der Waals surface area contributed by atoms with Gasteiger partial charge in [0, 0.05) is 36.8 Å². The number of carboxylic acids is 2. The number of benzene rings is 2. The van der Waals surface area contributed by atoms with E-state index in [2.05, 4.69) is 10.2 Å². The maximum Gasteiger partial charge on any atom is 0.414 e. The van der Waals surface area contributed by atoms with Crippen LogP contribution in [0.2, 0.25) is 5.02 Å². The topological polar surface area (TPSA) is 127 Å². The van der Waals surface area contributed by atoms with E-state index in [1.165, 1.54) is 0 Å². The van der Waals surface area contributed by atoms with Gasteiger partial charge in [-0.15, -0.1) is 0 Å². The van der Waals surface area contributed by atoms with Crippen molar-refractivity contribution in [2.24, 2.45) is 0 Å². The predicted molar refractivity (Wildman–Crippen MR) is 120 cm³/mol. The van der Waals surface area contributed by atoms with Crippen molar-refractivity contribution in [1.82, 2.24) is 10.2 Å². The molecule has 1 saturated heterocycles. The summed E-state index contributed by atoms with van der Waals surface area (Å²) in [4.78, 5) is 32.7. The van der Waals surface area contributed by atoms with E-state index < -0.39 is 17.5 Å². The van der Waals surface area contributed by atoms with Crippen LogP contribution in [0.25, 0.3) is 0 Å². The molecule has 4 N–H and O–H groups in total. The molecule has 1 aliphatic rings. The molecule has 0 atom stereocenters. The van der Waals surface area contributed by atoms with Gasteiger partial charge in [-0.25, -0.2) is 9.59 Å². The van der Waals surface area contributed by atoms with E-state index in [-0.39, 0.29) is 5.91 Å². The summed E-state index contributed by atoms with van der Waals surface area (Å²) < 4.78 is 0. The van der Waals surface area contributed by atoms with E-state index in [9.17, 15) is 9.90 Å². The maximum absolute atomic E-state index is 12.2. The van der Waals surface area contributed by atoms with E-state index in [4.69, 9.17) is 31.4 Å². The van der Waals surface area contributed by atoms with Crippen LogP contribution in [0.15, 0.2) is 48.5 Å². The van der Waals surface area contributed by atoms with Crippen LogP contribution in [-0.2, 0) is 15.2 Å². The number of carbonyl (C=O) groups excluding carboxylic acids is 1. The summed E-state index contributed by atoms with van der Waals surface area (Å²) >= 11 is 5.93. The van der Waals surface area contributed by atoms with E-state index in [1.807, 2.05) is 55.5 Å². The van der Waals surface area contributed by atoms with Gasteiger partial charge in [0.1, 0.15) is 0 Å². The Morgan fingerprint density at radius 2 is 1.62 bits per heavy atom. The summed E-state index contributed by atoms with van der Waals surface area (Å²) in [6, 6.07) is 15.0. The molecule has 0 aromatic heterocycles. The number of aryl methyl sites for hydroxylation is 1. The number of hydrogen-bond donors (Lipinski definition) is 4. The molecule has 0 aliphatic carbocycles. The molecule has 0 spiro atoms. The summed E-state index contributed by atoms with van der Waals surface area (Å²) in [5.74, 6) is -3.69. The van der Waals surface area contributed by atoms with Gasteiger partial charge in [0.05, 0.1) is 5.60 Å². The molecule has 1 heterocycles. The second-order valence-electron chi connectivity index (χ2n) is 7.62. The lowest BCUT2D eigenvalue weighted by molar-refractivity contribution is -0.159. The molecule has 0 saturated carbocycles. The van der Waals surface area contributed by atoms with Gasteiger partial charge in [-0.1, -0.05) is 41.4 Å². The van der Waals surface area contributed by atoms with Gasteiger partial charge in [0.2, 0.25) is 0 Å². The van der Waals surface area contributed by atoms with Crippen LogP contribution in [0, 0.1) is 6.92 Å². The van der Waals surface area contributed by atoms with Crippen LogP contribution in [0.3, 0.4) is 0 Å². The number of nitrogens with one attached hydrogen (secondary N) is 1. The molecular weight excluding hydrogens is 436 g/mol. The van der Waals surface area contributed by atoms with Crippen LogP contribution < -0.4 is 5.32 Å². The molecule has 1 fully saturated rings. The highest BCUT2D eigenvalue weighted by Gasteiger charge is 2.33. The largest absolute Gasteiger partial charge is 0.473 e. The molecule has 172 valence electrons. The molecule has 2 aromatic carbocycles. The number of rotatable bonds is 5. The third-order valence-electron chi connectivity index (χ3n) is 5.24. The normalized spacial score (nSPS) is 15.2. The zero-order chi connectivity index (χ0) is 23.7. The fourth-order valence-corrected chi connectivity index (χ4v) is 3.54. The first kappa shape index (κ1) is 25.3. The highest BCUT2D eigenvalue weighted by Crippen LogP contribution is 2.33. The summed E-state index contributed by atoms with van der Waals surface area (Å²) in [5.41, 5.74) is 1.91. The van der Waals surface area contributed by atoms with E-state index in [0.29, 0.717) is 30.0 Å². The van der Waals surface area contributed by atoms with Crippen LogP contribution in [-0.4, -0.2) is 64.2 Å². The minimum Gasteiger partial charge on any atom is -0.473 e. The van der Waals surface area contributed by atoms with Crippen molar-refractivity contribution >= 4 is 29.4 Å². The van der Waals surface area contributed by atoms with Crippen LogP contribution in [0.4, 0.5) is 0 Å². The molecule has 2 aromatic rings. The van der Waals surface area contributed by atoms with Crippen molar-refractivity contribution < 1.29 is 29.7 Å². The fourth-order valence-electron chi connectivity index (χ4n) is 3.41. The molecule has 1 amide bonds. The second-order valence-corrected chi connectivity index (χ2v) is 8.05. The molecule has 3 rings (SSSR count). The molecule has 1 aliphatic heterocycles. The van der Waals surface area contributed by atoms with Crippen molar-refractivity contribution in [3.8, 4) is 0 Å². The average Bonchev–Trinajstić information content (AvgIpc) is 2.76. The quantitative estimate of drug-likeness (QED) is 0.503. The van der Waals surface area contributed by atoms with E-state index >= 15 is 0 Å². The van der Waals surface area contributed by atoms with Gasteiger partial charge in [-0.05, 0) is 49.6 Å². The summed E-state index contributed by atoms with van der Waals surface area (Å²) in [5, 5.41) is 29.3. The van der Waals surface area contributed by atoms with Crippen molar-refractivity contribution in [3.63, 3.8) is 0 Å². The molecular formula is C23H27ClN2O6. The Morgan fingerprint density at radius 1 is 1.03 bits per heavy atom. The third-order valence-corrected chi connectivity index (χ3v) is 5.49. The van der Waals surface area contributed by atoms with Crippen LogP contribution in [0.1, 0.15) is 34.3 Å². The van der Waals surface area contributed by atoms with Gasteiger partial charge in [0.25, 0.3) is 5.91 Å². The number of amides is 1. The van der Waals surface area contributed by atoms with Crippen LogP contribution in [0.5, 0.6) is 0 Å². The number of carbonyl (C=O) groups is 3.